The van der Waals surface area contributed by atoms with Crippen LogP contribution < -0.4 is 10.6 Å². The lowest BCUT2D eigenvalue weighted by Gasteiger charge is -2.17. The highest BCUT2D eigenvalue weighted by Gasteiger charge is 2.11. The second-order valence-electron chi connectivity index (χ2n) is 3.76. The second kappa shape index (κ2) is 10.9. The summed E-state index contributed by atoms with van der Waals surface area (Å²) in [4.78, 5) is 24.4. The Morgan fingerprint density at radius 2 is 1.72 bits per heavy atom. The Labute approximate surface area is 108 Å². The van der Waals surface area contributed by atoms with Crippen molar-refractivity contribution in [2.45, 2.75) is 0 Å². The molecule has 18 heavy (non-hydrogen) atoms. The lowest BCUT2D eigenvalue weighted by atomic mass is 10.4. The van der Waals surface area contributed by atoms with Crippen molar-refractivity contribution in [3.63, 3.8) is 0 Å². The van der Waals surface area contributed by atoms with E-state index in [0.717, 1.165) is 0 Å². The van der Waals surface area contributed by atoms with Gasteiger partial charge in [0.1, 0.15) is 0 Å². The van der Waals surface area contributed by atoms with Gasteiger partial charge in [-0.3, -0.25) is 9.59 Å². The number of ether oxygens (including phenoxy) is 2. The van der Waals surface area contributed by atoms with Crippen LogP contribution >= 0.6 is 0 Å². The minimum absolute atomic E-state index is 0.0501. The maximum Gasteiger partial charge on any atom is 0.239 e. The monoisotopic (exact) mass is 261 g/mol. The Morgan fingerprint density at radius 1 is 1.11 bits per heavy atom. The van der Waals surface area contributed by atoms with E-state index in [-0.39, 0.29) is 24.9 Å². The molecule has 0 aliphatic heterocycles. The molecule has 0 aromatic heterocycles. The molecule has 0 radical (unpaired) electrons. The summed E-state index contributed by atoms with van der Waals surface area (Å²) in [6, 6.07) is 0. The molecule has 0 aromatic rings. The molecule has 0 bridgehead atoms. The predicted octanol–water partition coefficient (Wildman–Crippen LogP) is -1.56. The van der Waals surface area contributed by atoms with Crippen molar-refractivity contribution in [2.75, 3.05) is 60.7 Å². The number of carbonyl (C=O) groups is 2. The second-order valence-corrected chi connectivity index (χ2v) is 3.76. The van der Waals surface area contributed by atoms with Crippen molar-refractivity contribution in [1.29, 1.82) is 0 Å². The summed E-state index contributed by atoms with van der Waals surface area (Å²) in [5.74, 6) is -0.326. The van der Waals surface area contributed by atoms with Gasteiger partial charge in [-0.2, -0.15) is 0 Å². The third kappa shape index (κ3) is 8.91. The largest absolute Gasteiger partial charge is 0.383 e. The zero-order valence-electron chi connectivity index (χ0n) is 11.3. The summed E-state index contributed by atoms with van der Waals surface area (Å²) in [7, 11) is 4.75. The molecule has 0 rings (SSSR count). The van der Waals surface area contributed by atoms with E-state index in [1.807, 2.05) is 0 Å². The molecule has 0 spiro atoms. The first-order valence-electron chi connectivity index (χ1n) is 5.81. The fourth-order valence-corrected chi connectivity index (χ4v) is 1.16. The maximum atomic E-state index is 11.6. The number of amides is 2. The Hall–Kier alpha value is -1.18. The van der Waals surface area contributed by atoms with E-state index in [2.05, 4.69) is 10.6 Å². The fourth-order valence-electron chi connectivity index (χ4n) is 1.16. The van der Waals surface area contributed by atoms with Crippen LogP contribution in [0.1, 0.15) is 0 Å². The number of nitrogens with zero attached hydrogens (tertiary/aromatic N) is 1. The number of hydrogen-bond acceptors (Lipinski definition) is 5. The van der Waals surface area contributed by atoms with Gasteiger partial charge in [0.25, 0.3) is 0 Å². The van der Waals surface area contributed by atoms with Crippen molar-refractivity contribution < 1.29 is 19.1 Å². The van der Waals surface area contributed by atoms with Crippen LogP contribution in [0.2, 0.25) is 0 Å². The SMILES string of the molecule is COCCNCC(=O)N(C)CC(=O)NCCOC. The van der Waals surface area contributed by atoms with Gasteiger partial charge in [0, 0.05) is 34.4 Å². The van der Waals surface area contributed by atoms with Crippen molar-refractivity contribution in [1.82, 2.24) is 15.5 Å². The zero-order valence-corrected chi connectivity index (χ0v) is 11.3. The summed E-state index contributed by atoms with van der Waals surface area (Å²) in [5.41, 5.74) is 0. The van der Waals surface area contributed by atoms with Gasteiger partial charge in [0.05, 0.1) is 26.3 Å². The zero-order chi connectivity index (χ0) is 13.8. The fraction of sp³-hybridized carbons (Fsp3) is 0.818. The van der Waals surface area contributed by atoms with E-state index in [1.165, 1.54) is 4.90 Å². The highest BCUT2D eigenvalue weighted by Crippen LogP contribution is 1.84. The van der Waals surface area contributed by atoms with Gasteiger partial charge in [-0.05, 0) is 0 Å². The highest BCUT2D eigenvalue weighted by molar-refractivity contribution is 5.85. The van der Waals surface area contributed by atoms with Crippen LogP contribution in [0.5, 0.6) is 0 Å². The van der Waals surface area contributed by atoms with Crippen LogP contribution in [-0.2, 0) is 19.1 Å². The minimum atomic E-state index is -0.195. The van der Waals surface area contributed by atoms with Crippen LogP contribution in [0.15, 0.2) is 0 Å². The summed E-state index contributed by atoms with van der Waals surface area (Å²) in [5, 5.41) is 5.57. The number of carbonyl (C=O) groups excluding carboxylic acids is 2. The molecule has 0 saturated heterocycles. The molecule has 0 saturated carbocycles. The van der Waals surface area contributed by atoms with Gasteiger partial charge in [-0.15, -0.1) is 0 Å². The van der Waals surface area contributed by atoms with Crippen LogP contribution in [0.3, 0.4) is 0 Å². The number of likely N-dealkylation sites (N-methyl/N-ethyl adjacent to an activating group) is 1. The Kier molecular flexibility index (Phi) is 10.2. The van der Waals surface area contributed by atoms with E-state index in [4.69, 9.17) is 9.47 Å². The third-order valence-corrected chi connectivity index (χ3v) is 2.19. The lowest BCUT2D eigenvalue weighted by Crippen LogP contribution is -2.43. The molecule has 0 aliphatic carbocycles. The Morgan fingerprint density at radius 3 is 2.33 bits per heavy atom. The first-order chi connectivity index (χ1) is 8.61. The van der Waals surface area contributed by atoms with Crippen molar-refractivity contribution in [3.8, 4) is 0 Å². The number of methoxy groups -OCH3 is 2. The van der Waals surface area contributed by atoms with E-state index < -0.39 is 0 Å². The average molecular weight is 261 g/mol. The summed E-state index contributed by atoms with van der Waals surface area (Å²) in [6.07, 6.45) is 0. The summed E-state index contributed by atoms with van der Waals surface area (Å²) < 4.78 is 9.64. The topological polar surface area (TPSA) is 79.9 Å². The number of rotatable bonds is 10. The molecule has 2 N–H and O–H groups in total. The van der Waals surface area contributed by atoms with Gasteiger partial charge in [0.15, 0.2) is 0 Å². The molecule has 0 unspecified atom stereocenters. The summed E-state index contributed by atoms with van der Waals surface area (Å²) in [6.45, 7) is 2.32. The Balaban J connectivity index is 3.68. The van der Waals surface area contributed by atoms with Gasteiger partial charge in [0.2, 0.25) is 11.8 Å². The molecule has 7 nitrogen and oxygen atoms in total. The third-order valence-electron chi connectivity index (χ3n) is 2.19. The Bertz CT molecular complexity index is 248. The van der Waals surface area contributed by atoms with Crippen LogP contribution in [-0.4, -0.2) is 77.4 Å². The lowest BCUT2D eigenvalue weighted by molar-refractivity contribution is -0.134. The predicted molar refractivity (Wildman–Crippen MR) is 67.3 cm³/mol. The van der Waals surface area contributed by atoms with Crippen LogP contribution in [0.25, 0.3) is 0 Å². The number of nitrogens with one attached hydrogen (secondary N) is 2. The molecule has 0 heterocycles. The number of hydrogen-bond donors (Lipinski definition) is 2. The molecule has 0 aromatic carbocycles. The van der Waals surface area contributed by atoms with E-state index in [0.29, 0.717) is 26.3 Å². The average Bonchev–Trinajstić information content (AvgIpc) is 2.34. The van der Waals surface area contributed by atoms with Crippen molar-refractivity contribution >= 4 is 11.8 Å². The smallest absolute Gasteiger partial charge is 0.239 e. The van der Waals surface area contributed by atoms with Crippen LogP contribution in [0.4, 0.5) is 0 Å². The first-order valence-corrected chi connectivity index (χ1v) is 5.81. The molecule has 0 aliphatic rings. The van der Waals surface area contributed by atoms with Gasteiger partial charge < -0.3 is 25.0 Å². The molecule has 0 fully saturated rings. The highest BCUT2D eigenvalue weighted by atomic mass is 16.5. The van der Waals surface area contributed by atoms with E-state index in [1.54, 1.807) is 21.3 Å². The molecular formula is C11H23N3O4. The van der Waals surface area contributed by atoms with E-state index in [9.17, 15) is 9.59 Å². The molecule has 106 valence electrons. The van der Waals surface area contributed by atoms with E-state index >= 15 is 0 Å². The molecule has 2 amide bonds. The van der Waals surface area contributed by atoms with Crippen molar-refractivity contribution in [2.24, 2.45) is 0 Å². The first kappa shape index (κ1) is 16.8. The van der Waals surface area contributed by atoms with Crippen LogP contribution in [0, 0.1) is 0 Å². The van der Waals surface area contributed by atoms with Gasteiger partial charge >= 0.3 is 0 Å². The van der Waals surface area contributed by atoms with Crippen molar-refractivity contribution in [3.05, 3.63) is 0 Å². The normalized spacial score (nSPS) is 10.2. The standard InChI is InChI=1S/C11H23N3O4/c1-14(9-10(15)13-5-7-18-3)11(16)8-12-4-6-17-2/h12H,4-9H2,1-3H3,(H,13,15). The molecule has 7 heteroatoms. The quantitative estimate of drug-likeness (QED) is 0.465. The minimum Gasteiger partial charge on any atom is -0.383 e. The van der Waals surface area contributed by atoms with Gasteiger partial charge in [-0.25, -0.2) is 0 Å². The maximum absolute atomic E-state index is 11.6. The molecule has 0 atom stereocenters. The summed E-state index contributed by atoms with van der Waals surface area (Å²) >= 11 is 0. The van der Waals surface area contributed by atoms with Gasteiger partial charge in [-0.1, -0.05) is 0 Å². The molecular weight excluding hydrogens is 238 g/mol.